The molecule has 0 fully saturated rings. The fourth-order valence-corrected chi connectivity index (χ4v) is 2.19. The third kappa shape index (κ3) is 5.89. The molecule has 2 rings (SSSR count). The van der Waals surface area contributed by atoms with Crippen LogP contribution < -0.4 is 16.0 Å². The van der Waals surface area contributed by atoms with Crippen LogP contribution in [0.2, 0.25) is 0 Å². The van der Waals surface area contributed by atoms with E-state index in [0.717, 1.165) is 12.1 Å². The molecule has 0 aliphatic heterocycles. The number of hydrogen-bond donors (Lipinski definition) is 3. The zero-order valence-electron chi connectivity index (χ0n) is 14.0. The molecule has 0 aliphatic carbocycles. The van der Waals surface area contributed by atoms with E-state index in [9.17, 15) is 22.8 Å². The van der Waals surface area contributed by atoms with Crippen molar-refractivity contribution >= 4 is 17.5 Å². The van der Waals surface area contributed by atoms with E-state index in [4.69, 9.17) is 0 Å². The lowest BCUT2D eigenvalue weighted by atomic mass is 10.1. The highest BCUT2D eigenvalue weighted by Gasteiger charge is 2.13. The summed E-state index contributed by atoms with van der Waals surface area (Å²) in [6.07, 6.45) is 0. The van der Waals surface area contributed by atoms with Crippen molar-refractivity contribution in [3.63, 3.8) is 0 Å². The molecule has 0 aliphatic rings. The van der Waals surface area contributed by atoms with Crippen LogP contribution >= 0.6 is 0 Å². The van der Waals surface area contributed by atoms with Crippen LogP contribution in [0.1, 0.15) is 18.5 Å². The highest BCUT2D eigenvalue weighted by Crippen LogP contribution is 2.17. The Morgan fingerprint density at radius 1 is 0.923 bits per heavy atom. The summed E-state index contributed by atoms with van der Waals surface area (Å²) < 4.78 is 39.3. The number of carbonyl (C=O) groups excluding carboxylic acids is 2. The standard InChI is InChI=1S/C18H18F3N3O2/c1-11(15-7-4-13(20)8-16(15)21)22-9-17(25)23-10-18(26)24-14-5-2-12(19)3-6-14/h2-8,11,22H,9-10H2,1H3,(H,23,25)(H,24,26)/t11-/m0/s1. The van der Waals surface area contributed by atoms with E-state index in [1.165, 1.54) is 30.3 Å². The van der Waals surface area contributed by atoms with Gasteiger partial charge in [0.2, 0.25) is 11.8 Å². The molecular weight excluding hydrogens is 347 g/mol. The molecule has 0 heterocycles. The van der Waals surface area contributed by atoms with Gasteiger partial charge < -0.3 is 16.0 Å². The van der Waals surface area contributed by atoms with Crippen molar-refractivity contribution in [2.75, 3.05) is 18.4 Å². The van der Waals surface area contributed by atoms with E-state index in [2.05, 4.69) is 16.0 Å². The Morgan fingerprint density at radius 3 is 2.23 bits per heavy atom. The van der Waals surface area contributed by atoms with E-state index in [0.29, 0.717) is 5.69 Å². The predicted molar refractivity (Wildman–Crippen MR) is 90.8 cm³/mol. The first-order chi connectivity index (χ1) is 12.3. The normalized spacial score (nSPS) is 11.7. The number of nitrogens with one attached hydrogen (secondary N) is 3. The first-order valence-corrected chi connectivity index (χ1v) is 7.85. The van der Waals surface area contributed by atoms with Gasteiger partial charge in [0, 0.05) is 23.4 Å². The Balaban J connectivity index is 1.74. The fraction of sp³-hybridized carbons (Fsp3) is 0.222. The summed E-state index contributed by atoms with van der Waals surface area (Å²) in [5, 5.41) is 7.70. The summed E-state index contributed by atoms with van der Waals surface area (Å²) in [6, 6.07) is 7.89. The molecule has 2 aromatic rings. The van der Waals surface area contributed by atoms with Crippen LogP contribution in [0.4, 0.5) is 18.9 Å². The monoisotopic (exact) mass is 365 g/mol. The van der Waals surface area contributed by atoms with Gasteiger partial charge in [0.25, 0.3) is 0 Å². The van der Waals surface area contributed by atoms with Crippen LogP contribution in [0.3, 0.4) is 0 Å². The number of halogens is 3. The molecule has 26 heavy (non-hydrogen) atoms. The molecule has 0 bridgehead atoms. The van der Waals surface area contributed by atoms with Crippen LogP contribution in [0.15, 0.2) is 42.5 Å². The van der Waals surface area contributed by atoms with Crippen LogP contribution in [0.5, 0.6) is 0 Å². The molecule has 0 unspecified atom stereocenters. The maximum Gasteiger partial charge on any atom is 0.243 e. The number of rotatable bonds is 7. The average molecular weight is 365 g/mol. The van der Waals surface area contributed by atoms with Gasteiger partial charge in [-0.3, -0.25) is 9.59 Å². The zero-order chi connectivity index (χ0) is 19.1. The van der Waals surface area contributed by atoms with Gasteiger partial charge in [0.1, 0.15) is 17.5 Å². The lowest BCUT2D eigenvalue weighted by Crippen LogP contribution is -2.39. The highest BCUT2D eigenvalue weighted by molar-refractivity contribution is 5.94. The predicted octanol–water partition coefficient (Wildman–Crippen LogP) is 2.51. The summed E-state index contributed by atoms with van der Waals surface area (Å²) in [6.45, 7) is 1.21. The van der Waals surface area contributed by atoms with Crippen LogP contribution in [0, 0.1) is 17.5 Å². The molecule has 0 saturated carbocycles. The topological polar surface area (TPSA) is 70.2 Å². The largest absolute Gasteiger partial charge is 0.346 e. The number of hydrogen-bond acceptors (Lipinski definition) is 3. The van der Waals surface area contributed by atoms with Crippen molar-refractivity contribution in [3.8, 4) is 0 Å². The second-order valence-electron chi connectivity index (χ2n) is 5.60. The third-order valence-corrected chi connectivity index (χ3v) is 3.57. The molecule has 3 N–H and O–H groups in total. The number of amides is 2. The van der Waals surface area contributed by atoms with E-state index < -0.39 is 35.3 Å². The Bertz CT molecular complexity index is 782. The van der Waals surface area contributed by atoms with Crippen LogP contribution in [0.25, 0.3) is 0 Å². The third-order valence-electron chi connectivity index (χ3n) is 3.57. The molecule has 1 atom stereocenters. The second kappa shape index (κ2) is 9.00. The summed E-state index contributed by atoms with van der Waals surface area (Å²) >= 11 is 0. The first kappa shape index (κ1) is 19.5. The number of benzene rings is 2. The van der Waals surface area contributed by atoms with Crippen molar-refractivity contribution in [3.05, 3.63) is 65.5 Å². The smallest absolute Gasteiger partial charge is 0.243 e. The molecule has 138 valence electrons. The molecule has 0 radical (unpaired) electrons. The van der Waals surface area contributed by atoms with Crippen molar-refractivity contribution < 1.29 is 22.8 Å². The summed E-state index contributed by atoms with van der Waals surface area (Å²) in [4.78, 5) is 23.5. The van der Waals surface area contributed by atoms with Gasteiger partial charge in [-0.1, -0.05) is 6.07 Å². The molecule has 8 heteroatoms. The van der Waals surface area contributed by atoms with Crippen molar-refractivity contribution in [1.82, 2.24) is 10.6 Å². The van der Waals surface area contributed by atoms with E-state index in [1.807, 2.05) is 0 Å². The van der Waals surface area contributed by atoms with E-state index in [1.54, 1.807) is 6.92 Å². The molecule has 0 aromatic heterocycles. The van der Waals surface area contributed by atoms with Gasteiger partial charge in [-0.05, 0) is 37.3 Å². The number of carbonyl (C=O) groups is 2. The van der Waals surface area contributed by atoms with Gasteiger partial charge in [0.15, 0.2) is 0 Å². The SMILES string of the molecule is C[C@H](NCC(=O)NCC(=O)Nc1ccc(F)cc1)c1ccc(F)cc1F. The van der Waals surface area contributed by atoms with Gasteiger partial charge >= 0.3 is 0 Å². The minimum absolute atomic E-state index is 0.151. The average Bonchev–Trinajstić information content (AvgIpc) is 2.60. The molecule has 2 aromatic carbocycles. The maximum atomic E-state index is 13.7. The molecule has 0 spiro atoms. The molecule has 5 nitrogen and oxygen atoms in total. The Labute approximate surface area is 148 Å². The van der Waals surface area contributed by atoms with Crippen LogP contribution in [-0.2, 0) is 9.59 Å². The zero-order valence-corrected chi connectivity index (χ0v) is 14.0. The van der Waals surface area contributed by atoms with Gasteiger partial charge in [-0.25, -0.2) is 13.2 Å². The molecule has 0 saturated heterocycles. The lowest BCUT2D eigenvalue weighted by Gasteiger charge is -2.15. The van der Waals surface area contributed by atoms with E-state index in [-0.39, 0.29) is 18.7 Å². The van der Waals surface area contributed by atoms with Crippen molar-refractivity contribution in [2.24, 2.45) is 0 Å². The lowest BCUT2D eigenvalue weighted by molar-refractivity contribution is -0.123. The minimum Gasteiger partial charge on any atom is -0.346 e. The van der Waals surface area contributed by atoms with Crippen molar-refractivity contribution in [2.45, 2.75) is 13.0 Å². The second-order valence-corrected chi connectivity index (χ2v) is 5.60. The summed E-state index contributed by atoms with van der Waals surface area (Å²) in [7, 11) is 0. The quantitative estimate of drug-likeness (QED) is 0.706. The highest BCUT2D eigenvalue weighted by atomic mass is 19.1. The first-order valence-electron chi connectivity index (χ1n) is 7.85. The molecular formula is C18H18F3N3O2. The fourth-order valence-electron chi connectivity index (χ4n) is 2.19. The summed E-state index contributed by atoms with van der Waals surface area (Å²) in [5.41, 5.74) is 0.637. The maximum absolute atomic E-state index is 13.7. The Hall–Kier alpha value is -2.87. The Morgan fingerprint density at radius 2 is 1.58 bits per heavy atom. The van der Waals surface area contributed by atoms with Gasteiger partial charge in [0.05, 0.1) is 13.1 Å². The minimum atomic E-state index is -0.705. The summed E-state index contributed by atoms with van der Waals surface area (Å²) in [5.74, 6) is -2.74. The molecule has 2 amide bonds. The van der Waals surface area contributed by atoms with E-state index >= 15 is 0 Å². The van der Waals surface area contributed by atoms with Crippen molar-refractivity contribution in [1.29, 1.82) is 0 Å². The Kier molecular flexibility index (Phi) is 6.74. The van der Waals surface area contributed by atoms with Crippen LogP contribution in [-0.4, -0.2) is 24.9 Å². The van der Waals surface area contributed by atoms with Gasteiger partial charge in [-0.15, -0.1) is 0 Å². The number of anilines is 1. The van der Waals surface area contributed by atoms with Gasteiger partial charge in [-0.2, -0.15) is 0 Å².